The lowest BCUT2D eigenvalue weighted by molar-refractivity contribution is -0.138. The van der Waals surface area contributed by atoms with E-state index in [1.54, 1.807) is 31.2 Å². The molecule has 0 atom stereocenters. The van der Waals surface area contributed by atoms with Crippen LogP contribution in [0.25, 0.3) is 0 Å². The van der Waals surface area contributed by atoms with E-state index in [0.29, 0.717) is 5.69 Å². The molecule has 1 aromatic carbocycles. The zero-order chi connectivity index (χ0) is 14.3. The Morgan fingerprint density at radius 2 is 2.16 bits per heavy atom. The lowest BCUT2D eigenvalue weighted by atomic mass is 10.1. The number of amides is 1. The number of ether oxygens (including phenoxy) is 1. The second kappa shape index (κ2) is 6.81. The number of carbonyl (C=O) groups is 2. The molecule has 1 rings (SSSR count). The average molecular weight is 259 g/mol. The van der Waals surface area contributed by atoms with E-state index in [1.807, 2.05) is 0 Å². The molecule has 0 fully saturated rings. The Hall–Kier alpha value is -2.81. The molecule has 1 aromatic rings. The maximum absolute atomic E-state index is 11.4. The van der Waals surface area contributed by atoms with Gasteiger partial charge in [0.15, 0.2) is 5.57 Å². The molecule has 1 amide bonds. The number of nitrogens with two attached hydrogens (primary N) is 1. The molecule has 0 aliphatic carbocycles. The first-order valence-electron chi connectivity index (χ1n) is 5.53. The summed E-state index contributed by atoms with van der Waals surface area (Å²) in [4.78, 5) is 22.5. The molecule has 0 aliphatic rings. The van der Waals surface area contributed by atoms with Crippen molar-refractivity contribution in [2.45, 2.75) is 6.92 Å². The summed E-state index contributed by atoms with van der Waals surface area (Å²) >= 11 is 0. The third-order valence-electron chi connectivity index (χ3n) is 2.18. The molecule has 0 heterocycles. The van der Waals surface area contributed by atoms with E-state index in [2.05, 4.69) is 5.32 Å². The summed E-state index contributed by atoms with van der Waals surface area (Å²) in [6.07, 6.45) is 1.18. The predicted molar refractivity (Wildman–Crippen MR) is 68.9 cm³/mol. The van der Waals surface area contributed by atoms with Gasteiger partial charge in [0.25, 0.3) is 5.91 Å². The molecule has 6 nitrogen and oxygen atoms in total. The van der Waals surface area contributed by atoms with E-state index in [1.165, 1.54) is 12.3 Å². The van der Waals surface area contributed by atoms with Gasteiger partial charge in [-0.2, -0.15) is 5.26 Å². The molecule has 0 unspecified atom stereocenters. The van der Waals surface area contributed by atoms with E-state index in [4.69, 9.17) is 15.7 Å². The van der Waals surface area contributed by atoms with Gasteiger partial charge in [0.1, 0.15) is 6.07 Å². The predicted octanol–water partition coefficient (Wildman–Crippen LogP) is 1.17. The number of nitriles is 1. The van der Waals surface area contributed by atoms with Crippen LogP contribution in [0.3, 0.4) is 0 Å². The third kappa shape index (κ3) is 3.85. The zero-order valence-electron chi connectivity index (χ0n) is 10.3. The van der Waals surface area contributed by atoms with Gasteiger partial charge in [-0.05, 0) is 19.1 Å². The van der Waals surface area contributed by atoms with Crippen LogP contribution < -0.4 is 11.1 Å². The number of rotatable bonds is 5. The maximum Gasteiger partial charge on any atom is 0.350 e. The SMILES string of the molecule is CCOC(=O)/C(C#N)=C/Nc1ccccc1C(N)=O. The van der Waals surface area contributed by atoms with Gasteiger partial charge in [-0.25, -0.2) is 4.79 Å². The summed E-state index contributed by atoms with van der Waals surface area (Å²) in [5.74, 6) is -1.33. The number of anilines is 1. The van der Waals surface area contributed by atoms with E-state index in [9.17, 15) is 9.59 Å². The molecule has 0 aliphatic heterocycles. The lowest BCUT2D eigenvalue weighted by Crippen LogP contribution is -2.13. The van der Waals surface area contributed by atoms with Crippen molar-refractivity contribution < 1.29 is 14.3 Å². The minimum Gasteiger partial charge on any atom is -0.462 e. The van der Waals surface area contributed by atoms with Crippen molar-refractivity contribution in [3.05, 3.63) is 41.6 Å². The minimum atomic E-state index is -0.728. The number of para-hydroxylation sites is 1. The highest BCUT2D eigenvalue weighted by Gasteiger charge is 2.10. The van der Waals surface area contributed by atoms with Gasteiger partial charge in [-0.15, -0.1) is 0 Å². The molecule has 19 heavy (non-hydrogen) atoms. The van der Waals surface area contributed by atoms with E-state index in [0.717, 1.165) is 0 Å². The van der Waals surface area contributed by atoms with Gasteiger partial charge in [0.2, 0.25) is 0 Å². The van der Waals surface area contributed by atoms with Crippen molar-refractivity contribution in [3.8, 4) is 6.07 Å². The normalized spacial score (nSPS) is 10.4. The number of esters is 1. The number of primary amides is 1. The van der Waals surface area contributed by atoms with Crippen molar-refractivity contribution in [2.75, 3.05) is 11.9 Å². The first kappa shape index (κ1) is 14.3. The van der Waals surface area contributed by atoms with E-state index in [-0.39, 0.29) is 17.7 Å². The van der Waals surface area contributed by atoms with Crippen molar-refractivity contribution in [1.82, 2.24) is 0 Å². The van der Waals surface area contributed by atoms with Crippen molar-refractivity contribution >= 4 is 17.6 Å². The molecule has 0 bridgehead atoms. The van der Waals surface area contributed by atoms with E-state index < -0.39 is 11.9 Å². The number of benzene rings is 1. The van der Waals surface area contributed by atoms with Crippen LogP contribution in [-0.2, 0) is 9.53 Å². The Bertz CT molecular complexity index is 558. The first-order chi connectivity index (χ1) is 9.10. The van der Waals surface area contributed by atoms with Crippen LogP contribution in [0.5, 0.6) is 0 Å². The Morgan fingerprint density at radius 3 is 2.74 bits per heavy atom. The molecule has 0 aromatic heterocycles. The topological polar surface area (TPSA) is 105 Å². The molecule has 0 saturated carbocycles. The van der Waals surface area contributed by atoms with Crippen LogP contribution in [0.1, 0.15) is 17.3 Å². The van der Waals surface area contributed by atoms with Gasteiger partial charge < -0.3 is 15.8 Å². The van der Waals surface area contributed by atoms with E-state index >= 15 is 0 Å². The molecule has 0 radical (unpaired) electrons. The Labute approximate surface area is 110 Å². The highest BCUT2D eigenvalue weighted by atomic mass is 16.5. The largest absolute Gasteiger partial charge is 0.462 e. The molecular weight excluding hydrogens is 246 g/mol. The van der Waals surface area contributed by atoms with Crippen LogP contribution in [-0.4, -0.2) is 18.5 Å². The Morgan fingerprint density at radius 1 is 1.47 bits per heavy atom. The number of nitrogens with zero attached hydrogens (tertiary/aromatic N) is 1. The highest BCUT2D eigenvalue weighted by molar-refractivity contribution is 5.99. The van der Waals surface area contributed by atoms with Crippen LogP contribution >= 0.6 is 0 Å². The Balaban J connectivity index is 2.94. The number of carbonyl (C=O) groups excluding carboxylic acids is 2. The van der Waals surface area contributed by atoms with Crippen molar-refractivity contribution in [2.24, 2.45) is 5.73 Å². The molecule has 3 N–H and O–H groups in total. The number of hydrogen-bond donors (Lipinski definition) is 2. The number of hydrogen-bond acceptors (Lipinski definition) is 5. The summed E-state index contributed by atoms with van der Waals surface area (Å²) in [6.45, 7) is 1.82. The van der Waals surface area contributed by atoms with Crippen molar-refractivity contribution in [1.29, 1.82) is 5.26 Å². The number of nitrogens with one attached hydrogen (secondary N) is 1. The van der Waals surface area contributed by atoms with Gasteiger partial charge in [-0.3, -0.25) is 4.79 Å². The fourth-order valence-electron chi connectivity index (χ4n) is 1.32. The van der Waals surface area contributed by atoms with Crippen molar-refractivity contribution in [3.63, 3.8) is 0 Å². The Kier molecular flexibility index (Phi) is 5.11. The zero-order valence-corrected chi connectivity index (χ0v) is 10.3. The van der Waals surface area contributed by atoms with Crippen LogP contribution in [0.2, 0.25) is 0 Å². The second-order valence-electron chi connectivity index (χ2n) is 3.44. The molecule has 0 saturated heterocycles. The third-order valence-corrected chi connectivity index (χ3v) is 2.18. The fourth-order valence-corrected chi connectivity index (χ4v) is 1.32. The van der Waals surface area contributed by atoms with Crippen LogP contribution in [0, 0.1) is 11.3 Å². The molecule has 0 spiro atoms. The van der Waals surface area contributed by atoms with Crippen LogP contribution in [0.15, 0.2) is 36.0 Å². The standard InChI is InChI=1S/C13H13N3O3/c1-2-19-13(18)9(7-14)8-16-11-6-4-3-5-10(11)12(15)17/h3-6,8,16H,2H2,1H3,(H2,15,17)/b9-8+. The molecular formula is C13H13N3O3. The molecule has 6 heteroatoms. The molecule has 98 valence electrons. The average Bonchev–Trinajstić information content (AvgIpc) is 2.40. The second-order valence-corrected chi connectivity index (χ2v) is 3.44. The highest BCUT2D eigenvalue weighted by Crippen LogP contribution is 2.14. The maximum atomic E-state index is 11.4. The lowest BCUT2D eigenvalue weighted by Gasteiger charge is -2.06. The van der Waals surface area contributed by atoms with Gasteiger partial charge in [0, 0.05) is 6.20 Å². The van der Waals surface area contributed by atoms with Crippen LogP contribution in [0.4, 0.5) is 5.69 Å². The monoisotopic (exact) mass is 259 g/mol. The summed E-state index contributed by atoms with van der Waals surface area (Å²) in [7, 11) is 0. The summed E-state index contributed by atoms with van der Waals surface area (Å²) in [5, 5.41) is 11.5. The fraction of sp³-hybridized carbons (Fsp3) is 0.154. The quantitative estimate of drug-likeness (QED) is 0.469. The van der Waals surface area contributed by atoms with Gasteiger partial charge in [0.05, 0.1) is 17.9 Å². The summed E-state index contributed by atoms with van der Waals surface area (Å²) in [5.41, 5.74) is 5.68. The van der Waals surface area contributed by atoms with Gasteiger partial charge in [-0.1, -0.05) is 12.1 Å². The minimum absolute atomic E-state index is 0.176. The first-order valence-corrected chi connectivity index (χ1v) is 5.53. The smallest absolute Gasteiger partial charge is 0.350 e. The summed E-state index contributed by atoms with van der Waals surface area (Å²) in [6, 6.07) is 8.21. The van der Waals surface area contributed by atoms with Gasteiger partial charge >= 0.3 is 5.97 Å². The summed E-state index contributed by atoms with van der Waals surface area (Å²) < 4.78 is 4.70.